The summed E-state index contributed by atoms with van der Waals surface area (Å²) in [5.74, 6) is 0. The summed E-state index contributed by atoms with van der Waals surface area (Å²) in [7, 11) is 0. The molecule has 0 fully saturated rings. The Morgan fingerprint density at radius 1 is 0.556 bits per heavy atom. The molecule has 0 bridgehead atoms. The molecular formula is C39H19N5O. The van der Waals surface area contributed by atoms with Crippen LogP contribution in [0.5, 0.6) is 0 Å². The van der Waals surface area contributed by atoms with Crippen molar-refractivity contribution in [2.75, 3.05) is 0 Å². The summed E-state index contributed by atoms with van der Waals surface area (Å²) in [4.78, 5) is 3.59. The third-order valence-electron chi connectivity index (χ3n) is 8.82. The van der Waals surface area contributed by atoms with E-state index in [4.69, 9.17) is 11.0 Å². The molecule has 0 aliphatic rings. The zero-order valence-corrected chi connectivity index (χ0v) is 23.6. The lowest BCUT2D eigenvalue weighted by molar-refractivity contribution is 0.677. The van der Waals surface area contributed by atoms with Gasteiger partial charge in [0.1, 0.15) is 17.2 Å². The fraction of sp³-hybridized carbons (Fsp3) is 0. The number of rotatable bonds is 2. The fourth-order valence-electron chi connectivity index (χ4n) is 7.00. The minimum absolute atomic E-state index is 0.173. The van der Waals surface area contributed by atoms with Gasteiger partial charge in [0, 0.05) is 27.2 Å². The molecule has 0 aliphatic heterocycles. The standard InChI is InChI=1S/C39H19N5O/c1-42-30-18-15-23(21-40)37(29(30)22-41)44-32-14-8-6-12-28(32)36-34(44)20-17-26-25-16-19-33-35(38(25)45-39(26)36)27-11-5-7-13-31(27)43(33)24-9-3-2-4-10-24/h2-20H. The van der Waals surface area contributed by atoms with Gasteiger partial charge < -0.3 is 13.6 Å². The first-order chi connectivity index (χ1) is 22.2. The van der Waals surface area contributed by atoms with Crippen molar-refractivity contribution in [3.8, 4) is 23.5 Å². The maximum atomic E-state index is 10.2. The maximum Gasteiger partial charge on any atom is 0.206 e. The molecule has 0 aliphatic carbocycles. The number of nitriles is 2. The molecule has 9 aromatic rings. The molecule has 6 heteroatoms. The van der Waals surface area contributed by atoms with Crippen molar-refractivity contribution in [2.45, 2.75) is 0 Å². The monoisotopic (exact) mass is 573 g/mol. The minimum atomic E-state index is 0.173. The van der Waals surface area contributed by atoms with E-state index in [9.17, 15) is 10.5 Å². The predicted molar refractivity (Wildman–Crippen MR) is 178 cm³/mol. The second-order valence-electron chi connectivity index (χ2n) is 11.0. The Morgan fingerprint density at radius 3 is 1.73 bits per heavy atom. The molecule has 0 spiro atoms. The van der Waals surface area contributed by atoms with Gasteiger partial charge in [-0.3, -0.25) is 0 Å². The summed E-state index contributed by atoms with van der Waals surface area (Å²) in [5.41, 5.74) is 7.50. The van der Waals surface area contributed by atoms with E-state index in [0.717, 1.165) is 71.2 Å². The van der Waals surface area contributed by atoms with Crippen molar-refractivity contribution >= 4 is 71.2 Å². The van der Waals surface area contributed by atoms with Crippen LogP contribution in [-0.2, 0) is 0 Å². The molecule has 3 aromatic heterocycles. The zero-order chi connectivity index (χ0) is 30.2. The Morgan fingerprint density at radius 2 is 1.13 bits per heavy atom. The van der Waals surface area contributed by atoms with Crippen LogP contribution in [0, 0.1) is 29.2 Å². The van der Waals surface area contributed by atoms with Crippen LogP contribution in [0.15, 0.2) is 120 Å². The Kier molecular flexibility index (Phi) is 5.00. The number of benzene rings is 6. The molecule has 0 unspecified atom stereocenters. The highest BCUT2D eigenvalue weighted by molar-refractivity contribution is 6.29. The molecule has 6 nitrogen and oxygen atoms in total. The molecular weight excluding hydrogens is 554 g/mol. The van der Waals surface area contributed by atoms with E-state index in [1.807, 2.05) is 53.1 Å². The lowest BCUT2D eigenvalue weighted by Gasteiger charge is -2.13. The first-order valence-electron chi connectivity index (χ1n) is 14.4. The van der Waals surface area contributed by atoms with E-state index in [1.165, 1.54) is 6.07 Å². The van der Waals surface area contributed by atoms with Gasteiger partial charge in [0.05, 0.1) is 62.3 Å². The molecule has 3 heterocycles. The van der Waals surface area contributed by atoms with E-state index >= 15 is 0 Å². The van der Waals surface area contributed by atoms with Crippen molar-refractivity contribution < 1.29 is 4.42 Å². The summed E-state index contributed by atoms with van der Waals surface area (Å²) in [6.45, 7) is 7.68. The molecule has 0 amide bonds. The molecule has 6 aromatic carbocycles. The first-order valence-corrected chi connectivity index (χ1v) is 14.4. The van der Waals surface area contributed by atoms with Crippen LogP contribution in [0.2, 0.25) is 0 Å². The maximum absolute atomic E-state index is 10.2. The number of nitrogens with zero attached hydrogens (tertiary/aromatic N) is 5. The van der Waals surface area contributed by atoms with Crippen molar-refractivity contribution in [1.82, 2.24) is 9.13 Å². The average molecular weight is 574 g/mol. The zero-order valence-electron chi connectivity index (χ0n) is 23.6. The van der Waals surface area contributed by atoms with Gasteiger partial charge >= 0.3 is 0 Å². The van der Waals surface area contributed by atoms with Crippen molar-refractivity contribution in [2.24, 2.45) is 0 Å². The van der Waals surface area contributed by atoms with Gasteiger partial charge in [0.2, 0.25) is 5.69 Å². The van der Waals surface area contributed by atoms with Crippen molar-refractivity contribution in [1.29, 1.82) is 10.5 Å². The van der Waals surface area contributed by atoms with Gasteiger partial charge in [-0.05, 0) is 48.5 Å². The van der Waals surface area contributed by atoms with Gasteiger partial charge in [0.25, 0.3) is 0 Å². The van der Waals surface area contributed by atoms with E-state index in [0.29, 0.717) is 11.3 Å². The molecule has 0 saturated carbocycles. The topological polar surface area (TPSA) is 74.9 Å². The number of aromatic nitrogens is 2. The number of hydrogen-bond acceptors (Lipinski definition) is 3. The Balaban J connectivity index is 1.46. The molecule has 206 valence electrons. The van der Waals surface area contributed by atoms with E-state index in [2.05, 4.69) is 76.1 Å². The van der Waals surface area contributed by atoms with Crippen molar-refractivity contribution in [3.63, 3.8) is 0 Å². The third kappa shape index (κ3) is 3.19. The summed E-state index contributed by atoms with van der Waals surface area (Å²) < 4.78 is 11.2. The van der Waals surface area contributed by atoms with Crippen molar-refractivity contribution in [3.05, 3.63) is 138 Å². The predicted octanol–water partition coefficient (Wildman–Crippen LogP) is 10.1. The molecule has 45 heavy (non-hydrogen) atoms. The van der Waals surface area contributed by atoms with Crippen LogP contribution < -0.4 is 0 Å². The van der Waals surface area contributed by atoms with Gasteiger partial charge in [-0.25, -0.2) is 4.85 Å². The number of hydrogen-bond donors (Lipinski definition) is 0. The Bertz CT molecular complexity index is 2850. The average Bonchev–Trinajstić information content (AvgIpc) is 3.75. The second-order valence-corrected chi connectivity index (χ2v) is 11.0. The molecule has 0 radical (unpaired) electrons. The fourth-order valence-corrected chi connectivity index (χ4v) is 7.00. The highest BCUT2D eigenvalue weighted by Gasteiger charge is 2.24. The van der Waals surface area contributed by atoms with Crippen LogP contribution in [-0.4, -0.2) is 9.13 Å². The number of para-hydroxylation sites is 3. The molecule has 0 saturated heterocycles. The Labute approximate surface area is 256 Å². The lowest BCUT2D eigenvalue weighted by Crippen LogP contribution is -2.01. The van der Waals surface area contributed by atoms with E-state index in [-0.39, 0.29) is 11.3 Å². The Hall–Kier alpha value is -6.81. The smallest absolute Gasteiger partial charge is 0.206 e. The van der Waals surface area contributed by atoms with Gasteiger partial charge in [-0.2, -0.15) is 10.5 Å². The first kappa shape index (κ1) is 24.8. The summed E-state index contributed by atoms with van der Waals surface area (Å²) in [6, 6.07) is 42.6. The summed E-state index contributed by atoms with van der Waals surface area (Å²) >= 11 is 0. The van der Waals surface area contributed by atoms with Gasteiger partial charge in [-0.1, -0.05) is 66.7 Å². The van der Waals surface area contributed by atoms with Gasteiger partial charge in [-0.15, -0.1) is 0 Å². The molecule has 0 N–H and O–H groups in total. The van der Waals surface area contributed by atoms with Crippen LogP contribution in [0.25, 0.3) is 81.8 Å². The summed E-state index contributed by atoms with van der Waals surface area (Å²) in [5, 5.41) is 26.3. The highest BCUT2D eigenvalue weighted by Crippen LogP contribution is 2.45. The number of fused-ring (bicyclic) bond motifs is 11. The molecule has 0 atom stereocenters. The number of furan rings is 1. The van der Waals surface area contributed by atoms with Crippen LogP contribution >= 0.6 is 0 Å². The van der Waals surface area contributed by atoms with Crippen LogP contribution in [0.4, 0.5) is 5.69 Å². The minimum Gasteiger partial charge on any atom is -0.455 e. The highest BCUT2D eigenvalue weighted by atomic mass is 16.3. The SMILES string of the molecule is [C-]#[N+]c1ccc(C#N)c(-n2c3ccccc3c3c4oc5c(ccc6c5c5ccccc5n6-c5ccccc5)c4ccc32)c1C#N. The summed E-state index contributed by atoms with van der Waals surface area (Å²) in [6.07, 6.45) is 0. The quantitative estimate of drug-likeness (QED) is 0.193. The normalized spacial score (nSPS) is 11.5. The van der Waals surface area contributed by atoms with E-state index in [1.54, 1.807) is 6.07 Å². The van der Waals surface area contributed by atoms with Gasteiger partial charge in [0.15, 0.2) is 0 Å². The second kappa shape index (κ2) is 9.09. The van der Waals surface area contributed by atoms with Crippen LogP contribution in [0.1, 0.15) is 11.1 Å². The third-order valence-corrected chi connectivity index (χ3v) is 8.82. The van der Waals surface area contributed by atoms with E-state index < -0.39 is 0 Å². The largest absolute Gasteiger partial charge is 0.455 e. The lowest BCUT2D eigenvalue weighted by atomic mass is 10.0. The van der Waals surface area contributed by atoms with Crippen LogP contribution in [0.3, 0.4) is 0 Å². The molecule has 9 rings (SSSR count).